The van der Waals surface area contributed by atoms with Crippen LogP contribution in [0.4, 0.5) is 0 Å². The van der Waals surface area contributed by atoms with Gasteiger partial charge in [-0.25, -0.2) is 0 Å². The van der Waals surface area contributed by atoms with Gasteiger partial charge in [0.05, 0.1) is 20.1 Å². The van der Waals surface area contributed by atoms with Gasteiger partial charge in [0.15, 0.2) is 5.82 Å². The normalized spacial score (nSPS) is 22.6. The first-order valence-electron chi connectivity index (χ1n) is 5.40. The SMILES string of the molecule is COC(=O)CCc1nc(C2(N)CCOC2)no1.Cl. The maximum absolute atomic E-state index is 11.0. The van der Waals surface area contributed by atoms with Gasteiger partial charge >= 0.3 is 5.97 Å². The van der Waals surface area contributed by atoms with Crippen LogP contribution in [0.1, 0.15) is 24.6 Å². The summed E-state index contributed by atoms with van der Waals surface area (Å²) in [7, 11) is 1.34. The van der Waals surface area contributed by atoms with Gasteiger partial charge in [-0.05, 0) is 6.42 Å². The van der Waals surface area contributed by atoms with Gasteiger partial charge in [-0.15, -0.1) is 12.4 Å². The molecule has 1 aromatic heterocycles. The largest absolute Gasteiger partial charge is 0.469 e. The van der Waals surface area contributed by atoms with E-state index in [1.165, 1.54) is 7.11 Å². The number of nitrogens with zero attached hydrogens (tertiary/aromatic N) is 2. The molecular weight excluding hydrogens is 262 g/mol. The zero-order valence-electron chi connectivity index (χ0n) is 10.0. The van der Waals surface area contributed by atoms with Crippen LogP contribution in [0.5, 0.6) is 0 Å². The van der Waals surface area contributed by atoms with E-state index in [-0.39, 0.29) is 24.8 Å². The first-order chi connectivity index (χ1) is 8.14. The number of aryl methyl sites for hydroxylation is 1. The Morgan fingerprint density at radius 2 is 2.39 bits per heavy atom. The zero-order chi connectivity index (χ0) is 12.3. The molecule has 1 fully saturated rings. The highest BCUT2D eigenvalue weighted by Crippen LogP contribution is 2.25. The van der Waals surface area contributed by atoms with Crippen molar-refractivity contribution in [2.75, 3.05) is 20.3 Å². The molecule has 0 radical (unpaired) electrons. The Morgan fingerprint density at radius 1 is 1.61 bits per heavy atom. The fourth-order valence-corrected chi connectivity index (χ4v) is 1.63. The van der Waals surface area contributed by atoms with Crippen LogP contribution in [0.15, 0.2) is 4.52 Å². The van der Waals surface area contributed by atoms with E-state index in [0.717, 1.165) is 0 Å². The topological polar surface area (TPSA) is 100 Å². The highest BCUT2D eigenvalue weighted by atomic mass is 35.5. The highest BCUT2D eigenvalue weighted by molar-refractivity contribution is 5.85. The van der Waals surface area contributed by atoms with E-state index < -0.39 is 5.54 Å². The Morgan fingerprint density at radius 3 is 3.00 bits per heavy atom. The Hall–Kier alpha value is -1.18. The molecule has 8 heteroatoms. The van der Waals surface area contributed by atoms with Crippen molar-refractivity contribution in [3.8, 4) is 0 Å². The number of nitrogens with two attached hydrogens (primary N) is 1. The summed E-state index contributed by atoms with van der Waals surface area (Å²) >= 11 is 0. The number of rotatable bonds is 4. The molecule has 1 unspecified atom stereocenters. The van der Waals surface area contributed by atoms with Crippen molar-refractivity contribution < 1.29 is 18.8 Å². The number of carbonyl (C=O) groups is 1. The van der Waals surface area contributed by atoms with Crippen molar-refractivity contribution in [2.45, 2.75) is 24.8 Å². The Kier molecular flexibility index (Phi) is 5.06. The number of ether oxygens (including phenoxy) is 2. The molecule has 1 aromatic rings. The lowest BCUT2D eigenvalue weighted by Gasteiger charge is -2.15. The van der Waals surface area contributed by atoms with E-state index in [9.17, 15) is 4.79 Å². The second kappa shape index (κ2) is 6.12. The summed E-state index contributed by atoms with van der Waals surface area (Å²) in [4.78, 5) is 15.1. The van der Waals surface area contributed by atoms with E-state index in [4.69, 9.17) is 15.0 Å². The minimum absolute atomic E-state index is 0. The lowest BCUT2D eigenvalue weighted by atomic mass is 10.00. The standard InChI is InChI=1S/C10H15N3O4.ClH/c1-15-8(14)3-2-7-12-9(13-17-7)10(11)4-5-16-6-10;/h2-6,11H2,1H3;1H. The van der Waals surface area contributed by atoms with Crippen molar-refractivity contribution in [2.24, 2.45) is 5.73 Å². The number of aromatic nitrogens is 2. The summed E-state index contributed by atoms with van der Waals surface area (Å²) in [5.74, 6) is 0.522. The van der Waals surface area contributed by atoms with Crippen LogP contribution < -0.4 is 5.73 Å². The maximum atomic E-state index is 11.0. The van der Waals surface area contributed by atoms with Crippen LogP contribution in [0.3, 0.4) is 0 Å². The third kappa shape index (κ3) is 3.18. The molecule has 1 saturated heterocycles. The van der Waals surface area contributed by atoms with E-state index in [1.807, 2.05) is 0 Å². The monoisotopic (exact) mass is 277 g/mol. The molecular formula is C10H16ClN3O4. The first-order valence-corrected chi connectivity index (χ1v) is 5.40. The third-order valence-electron chi connectivity index (χ3n) is 2.74. The van der Waals surface area contributed by atoms with Crippen molar-refractivity contribution in [1.29, 1.82) is 0 Å². The second-order valence-electron chi connectivity index (χ2n) is 4.05. The smallest absolute Gasteiger partial charge is 0.306 e. The fourth-order valence-electron chi connectivity index (χ4n) is 1.63. The van der Waals surface area contributed by atoms with Gasteiger partial charge in [0.2, 0.25) is 5.89 Å². The highest BCUT2D eigenvalue weighted by Gasteiger charge is 2.37. The van der Waals surface area contributed by atoms with Gasteiger partial charge in [0.1, 0.15) is 5.54 Å². The molecule has 102 valence electrons. The predicted octanol–water partition coefficient (Wildman–Crippen LogP) is 0.171. The van der Waals surface area contributed by atoms with Crippen LogP contribution in [-0.2, 0) is 26.2 Å². The van der Waals surface area contributed by atoms with E-state index in [2.05, 4.69) is 14.9 Å². The van der Waals surface area contributed by atoms with Gasteiger partial charge in [-0.1, -0.05) is 5.16 Å². The Balaban J connectivity index is 0.00000162. The maximum Gasteiger partial charge on any atom is 0.306 e. The zero-order valence-corrected chi connectivity index (χ0v) is 10.9. The van der Waals surface area contributed by atoms with Crippen molar-refractivity contribution in [1.82, 2.24) is 10.1 Å². The molecule has 2 rings (SSSR count). The molecule has 2 N–H and O–H groups in total. The number of hydrogen-bond donors (Lipinski definition) is 1. The molecule has 1 atom stereocenters. The van der Waals surface area contributed by atoms with Gasteiger partial charge in [0.25, 0.3) is 0 Å². The summed E-state index contributed by atoms with van der Waals surface area (Å²) in [6.07, 6.45) is 1.24. The van der Waals surface area contributed by atoms with Crippen LogP contribution in [0.2, 0.25) is 0 Å². The minimum Gasteiger partial charge on any atom is -0.469 e. The lowest BCUT2D eigenvalue weighted by molar-refractivity contribution is -0.140. The molecule has 0 amide bonds. The first kappa shape index (κ1) is 14.9. The summed E-state index contributed by atoms with van der Waals surface area (Å²) in [6.45, 7) is 0.992. The van der Waals surface area contributed by atoms with Gasteiger partial charge < -0.3 is 19.7 Å². The van der Waals surface area contributed by atoms with Crippen molar-refractivity contribution in [3.05, 3.63) is 11.7 Å². The van der Waals surface area contributed by atoms with Crippen LogP contribution in [0.25, 0.3) is 0 Å². The molecule has 7 nitrogen and oxygen atoms in total. The summed E-state index contributed by atoms with van der Waals surface area (Å²) in [5, 5.41) is 3.83. The van der Waals surface area contributed by atoms with E-state index >= 15 is 0 Å². The van der Waals surface area contributed by atoms with Crippen LogP contribution in [-0.4, -0.2) is 36.4 Å². The minimum atomic E-state index is -0.660. The van der Waals surface area contributed by atoms with Gasteiger partial charge in [-0.2, -0.15) is 4.98 Å². The molecule has 18 heavy (non-hydrogen) atoms. The number of esters is 1. The van der Waals surface area contributed by atoms with Gasteiger partial charge in [0, 0.05) is 13.0 Å². The number of carbonyl (C=O) groups excluding carboxylic acids is 1. The van der Waals surface area contributed by atoms with E-state index in [0.29, 0.717) is 37.8 Å². The van der Waals surface area contributed by atoms with Crippen LogP contribution in [0, 0.1) is 0 Å². The fraction of sp³-hybridized carbons (Fsp3) is 0.700. The van der Waals surface area contributed by atoms with Crippen molar-refractivity contribution >= 4 is 18.4 Å². The third-order valence-corrected chi connectivity index (χ3v) is 2.74. The Labute approximate surface area is 110 Å². The molecule has 1 aliphatic heterocycles. The summed E-state index contributed by atoms with van der Waals surface area (Å²) in [6, 6.07) is 0. The molecule has 2 heterocycles. The van der Waals surface area contributed by atoms with Crippen LogP contribution >= 0.6 is 12.4 Å². The van der Waals surface area contributed by atoms with E-state index in [1.54, 1.807) is 0 Å². The molecule has 0 aromatic carbocycles. The quantitative estimate of drug-likeness (QED) is 0.783. The number of halogens is 1. The molecule has 0 bridgehead atoms. The second-order valence-corrected chi connectivity index (χ2v) is 4.05. The molecule has 0 saturated carbocycles. The average molecular weight is 278 g/mol. The lowest BCUT2D eigenvalue weighted by Crippen LogP contribution is -2.38. The molecule has 0 aliphatic carbocycles. The summed E-state index contributed by atoms with van der Waals surface area (Å²) in [5.41, 5.74) is 5.41. The summed E-state index contributed by atoms with van der Waals surface area (Å²) < 4.78 is 14.8. The van der Waals surface area contributed by atoms with Crippen molar-refractivity contribution in [3.63, 3.8) is 0 Å². The number of hydrogen-bond acceptors (Lipinski definition) is 7. The molecule has 1 aliphatic rings. The predicted molar refractivity (Wildman–Crippen MR) is 63.2 cm³/mol. The molecule has 0 spiro atoms. The number of methoxy groups -OCH3 is 1. The average Bonchev–Trinajstić information content (AvgIpc) is 2.95. The Bertz CT molecular complexity index is 404. The van der Waals surface area contributed by atoms with Gasteiger partial charge in [-0.3, -0.25) is 4.79 Å².